The Morgan fingerprint density at radius 3 is 2.64 bits per heavy atom. The van der Waals surface area contributed by atoms with Gasteiger partial charge in [-0.1, -0.05) is 35.9 Å². The largest absolute Gasteiger partial charge is 0.490 e. The predicted octanol–water partition coefficient (Wildman–Crippen LogP) is 6.84. The number of hydrogen-bond acceptors (Lipinski definition) is 6. The summed E-state index contributed by atoms with van der Waals surface area (Å²) in [5, 5.41) is 23.2. The fourth-order valence-electron chi connectivity index (χ4n) is 3.22. The van der Waals surface area contributed by atoms with E-state index < -0.39 is 10.8 Å². The zero-order valence-corrected chi connectivity index (χ0v) is 21.7. The number of anilines is 1. The fourth-order valence-corrected chi connectivity index (χ4v) is 3.96. The summed E-state index contributed by atoms with van der Waals surface area (Å²) in [5.41, 5.74) is 2.17. The maximum absolute atomic E-state index is 12.7. The van der Waals surface area contributed by atoms with Crippen LogP contribution in [0.3, 0.4) is 0 Å². The van der Waals surface area contributed by atoms with Crippen LogP contribution in [0.4, 0.5) is 11.4 Å². The summed E-state index contributed by atoms with van der Waals surface area (Å²) in [4.78, 5) is 23.2. The van der Waals surface area contributed by atoms with Gasteiger partial charge in [0, 0.05) is 12.1 Å². The number of nitrogens with zero attached hydrogens (tertiary/aromatic N) is 2. The van der Waals surface area contributed by atoms with Crippen molar-refractivity contribution in [3.05, 3.63) is 96.5 Å². The summed E-state index contributed by atoms with van der Waals surface area (Å²) in [6.07, 6.45) is 1.37. The lowest BCUT2D eigenvalue weighted by Gasteiger charge is -2.15. The molecule has 0 atom stereocenters. The third-order valence-corrected chi connectivity index (χ3v) is 5.97. The predicted molar refractivity (Wildman–Crippen MR) is 141 cm³/mol. The molecule has 3 aromatic carbocycles. The van der Waals surface area contributed by atoms with Crippen LogP contribution in [0.5, 0.6) is 11.5 Å². The third-order valence-electron chi connectivity index (χ3n) is 5.05. The van der Waals surface area contributed by atoms with Gasteiger partial charge in [0.2, 0.25) is 0 Å². The van der Waals surface area contributed by atoms with Crippen molar-refractivity contribution in [1.82, 2.24) is 0 Å². The number of carbonyl (C=O) groups is 1. The number of halogens is 2. The second-order valence-electron chi connectivity index (χ2n) is 7.52. The zero-order chi connectivity index (χ0) is 26.2. The summed E-state index contributed by atoms with van der Waals surface area (Å²) >= 11 is 9.55. The van der Waals surface area contributed by atoms with Crippen molar-refractivity contribution in [2.75, 3.05) is 11.9 Å². The number of hydrogen-bond donors (Lipinski definition) is 1. The first-order valence-electron chi connectivity index (χ1n) is 10.7. The smallest absolute Gasteiger partial charge is 0.271 e. The molecule has 0 spiro atoms. The van der Waals surface area contributed by atoms with Crippen LogP contribution >= 0.6 is 27.5 Å². The maximum Gasteiger partial charge on any atom is 0.271 e. The van der Waals surface area contributed by atoms with E-state index >= 15 is 0 Å². The van der Waals surface area contributed by atoms with Gasteiger partial charge in [0.25, 0.3) is 11.6 Å². The third kappa shape index (κ3) is 6.62. The molecule has 0 unspecified atom stereocenters. The Kier molecular flexibility index (Phi) is 9.06. The van der Waals surface area contributed by atoms with Gasteiger partial charge in [-0.25, -0.2) is 0 Å². The molecule has 184 valence electrons. The van der Waals surface area contributed by atoms with Crippen molar-refractivity contribution in [2.24, 2.45) is 0 Å². The molecule has 0 heterocycles. The lowest BCUT2D eigenvalue weighted by atomic mass is 10.1. The van der Waals surface area contributed by atoms with Crippen LogP contribution in [0.25, 0.3) is 6.08 Å². The van der Waals surface area contributed by atoms with Gasteiger partial charge in [-0.15, -0.1) is 0 Å². The quantitative estimate of drug-likeness (QED) is 0.130. The molecule has 0 saturated heterocycles. The average molecular weight is 571 g/mol. The molecule has 0 radical (unpaired) electrons. The van der Waals surface area contributed by atoms with Gasteiger partial charge in [0.05, 0.1) is 26.7 Å². The number of benzene rings is 3. The number of nitriles is 1. The van der Waals surface area contributed by atoms with Crippen molar-refractivity contribution in [3.8, 4) is 17.6 Å². The van der Waals surface area contributed by atoms with Crippen LogP contribution in [0, 0.1) is 28.4 Å². The van der Waals surface area contributed by atoms with E-state index in [1.54, 1.807) is 12.1 Å². The second kappa shape index (κ2) is 12.2. The molecule has 36 heavy (non-hydrogen) atoms. The van der Waals surface area contributed by atoms with Crippen LogP contribution < -0.4 is 14.8 Å². The highest BCUT2D eigenvalue weighted by atomic mass is 79.9. The first-order chi connectivity index (χ1) is 17.2. The van der Waals surface area contributed by atoms with E-state index in [-0.39, 0.29) is 22.0 Å². The Balaban J connectivity index is 1.88. The van der Waals surface area contributed by atoms with Gasteiger partial charge in [-0.3, -0.25) is 14.9 Å². The molecule has 0 saturated carbocycles. The number of ether oxygens (including phenoxy) is 2. The topological polar surface area (TPSA) is 114 Å². The average Bonchev–Trinajstić information content (AvgIpc) is 2.84. The first-order valence-corrected chi connectivity index (χ1v) is 11.9. The Hall–Kier alpha value is -3.87. The van der Waals surface area contributed by atoms with E-state index in [1.807, 2.05) is 44.2 Å². The molecular formula is C26H21BrClN3O5. The normalized spacial score (nSPS) is 10.9. The van der Waals surface area contributed by atoms with E-state index in [9.17, 15) is 20.2 Å². The number of amides is 1. The number of non-ortho nitro benzene ring substituents is 1. The van der Waals surface area contributed by atoms with Crippen LogP contribution in [0.1, 0.15) is 23.6 Å². The van der Waals surface area contributed by atoms with Gasteiger partial charge in [-0.2, -0.15) is 5.26 Å². The van der Waals surface area contributed by atoms with Crippen LogP contribution in [0.15, 0.2) is 64.6 Å². The van der Waals surface area contributed by atoms with Crippen molar-refractivity contribution >= 4 is 50.9 Å². The number of nitro groups is 1. The Bertz CT molecular complexity index is 1380. The lowest BCUT2D eigenvalue weighted by Crippen LogP contribution is -2.14. The molecular weight excluding hydrogens is 550 g/mol. The highest BCUT2D eigenvalue weighted by Gasteiger charge is 2.17. The number of carbonyl (C=O) groups excluding carboxylic acids is 1. The summed E-state index contributed by atoms with van der Waals surface area (Å²) in [5.74, 6) is 0.156. The Labute approximate surface area is 221 Å². The number of nitro benzene ring substituents is 1. The minimum atomic E-state index is -0.770. The molecule has 1 N–H and O–H groups in total. The molecule has 8 nitrogen and oxygen atoms in total. The summed E-state index contributed by atoms with van der Waals surface area (Å²) in [6.45, 7) is 4.53. The van der Waals surface area contributed by atoms with Crippen LogP contribution in [-0.4, -0.2) is 17.4 Å². The lowest BCUT2D eigenvalue weighted by molar-refractivity contribution is -0.384. The Morgan fingerprint density at radius 2 is 1.97 bits per heavy atom. The monoisotopic (exact) mass is 569 g/mol. The van der Waals surface area contributed by atoms with E-state index in [0.29, 0.717) is 34.7 Å². The van der Waals surface area contributed by atoms with Crippen molar-refractivity contribution < 1.29 is 19.2 Å². The van der Waals surface area contributed by atoms with E-state index in [4.69, 9.17) is 21.1 Å². The summed E-state index contributed by atoms with van der Waals surface area (Å²) in [6, 6.07) is 16.7. The standard InChI is InChI=1S/C26H21BrClN3O5/c1-3-35-24-12-17(11-21(27)25(24)36-15-18-7-5-4-6-16(18)2)10-19(14-29)26(32)30-23-13-20(31(33)34)8-9-22(23)28/h4-13H,3,15H2,1-2H3,(H,30,32)/b19-10+. The van der Waals surface area contributed by atoms with Gasteiger partial charge < -0.3 is 14.8 Å². The van der Waals surface area contributed by atoms with Crippen LogP contribution in [0.2, 0.25) is 5.02 Å². The first kappa shape index (κ1) is 26.7. The van der Waals surface area contributed by atoms with Crippen molar-refractivity contribution in [1.29, 1.82) is 5.26 Å². The van der Waals surface area contributed by atoms with E-state index in [1.165, 1.54) is 18.2 Å². The van der Waals surface area contributed by atoms with Gasteiger partial charge in [-0.05, 0) is 70.7 Å². The maximum atomic E-state index is 12.7. The van der Waals surface area contributed by atoms with Gasteiger partial charge in [0.1, 0.15) is 18.2 Å². The fraction of sp³-hybridized carbons (Fsp3) is 0.154. The molecule has 10 heteroatoms. The van der Waals surface area contributed by atoms with Gasteiger partial charge in [0.15, 0.2) is 11.5 Å². The minimum Gasteiger partial charge on any atom is -0.490 e. The number of aryl methyl sites for hydroxylation is 1. The van der Waals surface area contributed by atoms with Crippen LogP contribution in [-0.2, 0) is 11.4 Å². The van der Waals surface area contributed by atoms with Crippen molar-refractivity contribution in [2.45, 2.75) is 20.5 Å². The van der Waals surface area contributed by atoms with Gasteiger partial charge >= 0.3 is 0 Å². The summed E-state index contributed by atoms with van der Waals surface area (Å²) < 4.78 is 12.4. The highest BCUT2D eigenvalue weighted by Crippen LogP contribution is 2.38. The molecule has 1 amide bonds. The molecule has 0 bridgehead atoms. The molecule has 0 aliphatic heterocycles. The zero-order valence-electron chi connectivity index (χ0n) is 19.4. The molecule has 0 aliphatic carbocycles. The summed E-state index contributed by atoms with van der Waals surface area (Å²) in [7, 11) is 0. The number of rotatable bonds is 9. The SMILES string of the molecule is CCOc1cc(/C=C(\C#N)C(=O)Nc2cc([N+](=O)[O-])ccc2Cl)cc(Br)c1OCc1ccccc1C. The highest BCUT2D eigenvalue weighted by molar-refractivity contribution is 9.10. The Morgan fingerprint density at radius 1 is 1.22 bits per heavy atom. The second-order valence-corrected chi connectivity index (χ2v) is 8.78. The molecule has 0 aliphatic rings. The minimum absolute atomic E-state index is 0.0214. The van der Waals surface area contributed by atoms with E-state index in [0.717, 1.165) is 17.2 Å². The molecule has 0 fully saturated rings. The number of nitrogens with one attached hydrogen (secondary N) is 1. The molecule has 3 rings (SSSR count). The molecule has 3 aromatic rings. The molecule has 0 aromatic heterocycles. The van der Waals surface area contributed by atoms with E-state index in [2.05, 4.69) is 21.2 Å². The van der Waals surface area contributed by atoms with Crippen molar-refractivity contribution in [3.63, 3.8) is 0 Å².